The van der Waals surface area contributed by atoms with Crippen LogP contribution in [0.1, 0.15) is 10.4 Å². The molecule has 0 saturated carbocycles. The van der Waals surface area contributed by atoms with Gasteiger partial charge in [0.15, 0.2) is 0 Å². The van der Waals surface area contributed by atoms with Crippen LogP contribution in [0, 0.1) is 0 Å². The second kappa shape index (κ2) is 5.20. The Kier molecular flexibility index (Phi) is 3.86. The SMILES string of the molecule is O=C(Nc1c(Br)cc(Cl)cc1Br)c1cn[nH]c1. The summed E-state index contributed by atoms with van der Waals surface area (Å²) in [5, 5.41) is 9.62. The monoisotopic (exact) mass is 377 g/mol. The van der Waals surface area contributed by atoms with Crippen LogP contribution in [0.25, 0.3) is 0 Å². The number of carbonyl (C=O) groups excluding carboxylic acids is 1. The smallest absolute Gasteiger partial charge is 0.258 e. The minimum absolute atomic E-state index is 0.248. The molecule has 0 radical (unpaired) electrons. The highest BCUT2D eigenvalue weighted by Crippen LogP contribution is 2.34. The van der Waals surface area contributed by atoms with Crippen LogP contribution >= 0.6 is 43.5 Å². The largest absolute Gasteiger partial charge is 0.320 e. The summed E-state index contributed by atoms with van der Waals surface area (Å²) in [6.45, 7) is 0. The molecule has 0 saturated heterocycles. The lowest BCUT2D eigenvalue weighted by Gasteiger charge is -2.09. The summed E-state index contributed by atoms with van der Waals surface area (Å²) in [5.41, 5.74) is 1.08. The average Bonchev–Trinajstić information content (AvgIpc) is 2.76. The summed E-state index contributed by atoms with van der Waals surface area (Å²) < 4.78 is 1.41. The molecule has 0 atom stereocenters. The van der Waals surface area contributed by atoms with Gasteiger partial charge in [0.1, 0.15) is 0 Å². The predicted molar refractivity (Wildman–Crippen MR) is 73.4 cm³/mol. The van der Waals surface area contributed by atoms with Gasteiger partial charge in [-0.25, -0.2) is 0 Å². The van der Waals surface area contributed by atoms with Crippen molar-refractivity contribution in [2.24, 2.45) is 0 Å². The lowest BCUT2D eigenvalue weighted by atomic mass is 10.3. The van der Waals surface area contributed by atoms with Crippen LogP contribution in [0.3, 0.4) is 0 Å². The van der Waals surface area contributed by atoms with E-state index in [9.17, 15) is 4.79 Å². The average molecular weight is 379 g/mol. The van der Waals surface area contributed by atoms with E-state index in [4.69, 9.17) is 11.6 Å². The number of hydrogen-bond acceptors (Lipinski definition) is 2. The van der Waals surface area contributed by atoms with Gasteiger partial charge in [0, 0.05) is 20.2 Å². The number of H-pyrrole nitrogens is 1. The van der Waals surface area contributed by atoms with Crippen molar-refractivity contribution in [2.45, 2.75) is 0 Å². The fraction of sp³-hybridized carbons (Fsp3) is 0. The lowest BCUT2D eigenvalue weighted by molar-refractivity contribution is 0.102. The van der Waals surface area contributed by atoms with Gasteiger partial charge < -0.3 is 5.32 Å². The molecule has 1 aromatic heterocycles. The zero-order chi connectivity index (χ0) is 12.4. The molecule has 2 rings (SSSR count). The molecule has 0 aliphatic heterocycles. The van der Waals surface area contributed by atoms with Gasteiger partial charge in [-0.15, -0.1) is 0 Å². The molecule has 17 heavy (non-hydrogen) atoms. The zero-order valence-corrected chi connectivity index (χ0v) is 12.2. The molecule has 1 heterocycles. The maximum atomic E-state index is 11.8. The summed E-state index contributed by atoms with van der Waals surface area (Å²) >= 11 is 12.5. The molecule has 0 spiro atoms. The number of benzene rings is 1. The van der Waals surface area contributed by atoms with Gasteiger partial charge >= 0.3 is 0 Å². The maximum Gasteiger partial charge on any atom is 0.258 e. The number of anilines is 1. The first-order chi connectivity index (χ1) is 8.08. The molecule has 1 amide bonds. The number of rotatable bonds is 2. The minimum Gasteiger partial charge on any atom is -0.320 e. The molecule has 88 valence electrons. The van der Waals surface area contributed by atoms with Crippen molar-refractivity contribution < 1.29 is 4.79 Å². The number of carbonyl (C=O) groups is 1. The highest BCUT2D eigenvalue weighted by Gasteiger charge is 2.12. The van der Waals surface area contributed by atoms with Crippen molar-refractivity contribution in [3.8, 4) is 0 Å². The molecule has 4 nitrogen and oxygen atoms in total. The van der Waals surface area contributed by atoms with E-state index in [1.807, 2.05) is 0 Å². The number of nitrogens with zero attached hydrogens (tertiary/aromatic N) is 1. The summed E-state index contributed by atoms with van der Waals surface area (Å²) in [7, 11) is 0. The molecule has 2 N–H and O–H groups in total. The van der Waals surface area contributed by atoms with Gasteiger partial charge in [-0.05, 0) is 44.0 Å². The maximum absolute atomic E-state index is 11.8. The Balaban J connectivity index is 2.28. The summed E-state index contributed by atoms with van der Waals surface area (Å²) in [5.74, 6) is -0.248. The van der Waals surface area contributed by atoms with Gasteiger partial charge in [-0.2, -0.15) is 5.10 Å². The summed E-state index contributed by atoms with van der Waals surface area (Å²) in [4.78, 5) is 11.8. The van der Waals surface area contributed by atoms with Crippen molar-refractivity contribution in [2.75, 3.05) is 5.32 Å². The fourth-order valence-electron chi connectivity index (χ4n) is 1.22. The second-order valence-electron chi connectivity index (χ2n) is 3.19. The first-order valence-electron chi connectivity index (χ1n) is 4.52. The number of hydrogen-bond donors (Lipinski definition) is 2. The standard InChI is InChI=1S/C10H6Br2ClN3O/c11-7-1-6(13)2-8(12)9(7)16-10(17)5-3-14-15-4-5/h1-4H,(H,14,15)(H,16,17). The normalized spacial score (nSPS) is 10.3. The van der Waals surface area contributed by atoms with Gasteiger partial charge in [-0.1, -0.05) is 11.6 Å². The van der Waals surface area contributed by atoms with E-state index in [0.717, 1.165) is 0 Å². The van der Waals surface area contributed by atoms with E-state index < -0.39 is 0 Å². The molecular weight excluding hydrogens is 373 g/mol. The van der Waals surface area contributed by atoms with E-state index in [0.29, 0.717) is 25.2 Å². The van der Waals surface area contributed by atoms with E-state index in [-0.39, 0.29) is 5.91 Å². The quantitative estimate of drug-likeness (QED) is 0.833. The number of halogens is 3. The Hall–Kier alpha value is -0.850. The Morgan fingerprint density at radius 3 is 2.53 bits per heavy atom. The molecular formula is C10H6Br2ClN3O. The fourth-order valence-corrected chi connectivity index (χ4v) is 3.09. The molecule has 1 aromatic carbocycles. The molecule has 7 heteroatoms. The van der Waals surface area contributed by atoms with Gasteiger partial charge in [0.25, 0.3) is 5.91 Å². The van der Waals surface area contributed by atoms with E-state index in [1.165, 1.54) is 12.4 Å². The number of aromatic nitrogens is 2. The van der Waals surface area contributed by atoms with Crippen LogP contribution in [-0.4, -0.2) is 16.1 Å². The lowest BCUT2D eigenvalue weighted by Crippen LogP contribution is -2.11. The molecule has 0 fully saturated rings. The van der Waals surface area contributed by atoms with Gasteiger partial charge in [0.05, 0.1) is 17.4 Å². The van der Waals surface area contributed by atoms with E-state index >= 15 is 0 Å². The Morgan fingerprint density at radius 2 is 2.00 bits per heavy atom. The third kappa shape index (κ3) is 2.88. The van der Waals surface area contributed by atoms with Crippen molar-refractivity contribution in [1.29, 1.82) is 0 Å². The van der Waals surface area contributed by atoms with Crippen molar-refractivity contribution in [3.05, 3.63) is 44.1 Å². The number of nitrogens with one attached hydrogen (secondary N) is 2. The van der Waals surface area contributed by atoms with Crippen LogP contribution < -0.4 is 5.32 Å². The third-order valence-electron chi connectivity index (χ3n) is 2.01. The first-order valence-corrected chi connectivity index (χ1v) is 6.49. The number of amides is 1. The third-order valence-corrected chi connectivity index (χ3v) is 3.47. The van der Waals surface area contributed by atoms with Crippen LogP contribution in [0.15, 0.2) is 33.5 Å². The van der Waals surface area contributed by atoms with Crippen LogP contribution in [0.5, 0.6) is 0 Å². The molecule has 0 aliphatic rings. The molecule has 0 bridgehead atoms. The predicted octanol–water partition coefficient (Wildman–Crippen LogP) is 3.84. The van der Waals surface area contributed by atoms with Gasteiger partial charge in [-0.3, -0.25) is 9.89 Å². The highest BCUT2D eigenvalue weighted by atomic mass is 79.9. The zero-order valence-electron chi connectivity index (χ0n) is 8.30. The molecule has 0 aliphatic carbocycles. The van der Waals surface area contributed by atoms with Crippen LogP contribution in [-0.2, 0) is 0 Å². The topological polar surface area (TPSA) is 57.8 Å². The minimum atomic E-state index is -0.248. The summed E-state index contributed by atoms with van der Waals surface area (Å²) in [6.07, 6.45) is 2.97. The number of aromatic amines is 1. The molecule has 2 aromatic rings. The van der Waals surface area contributed by atoms with Crippen LogP contribution in [0.2, 0.25) is 5.02 Å². The van der Waals surface area contributed by atoms with E-state index in [1.54, 1.807) is 12.1 Å². The van der Waals surface area contributed by atoms with Gasteiger partial charge in [0.2, 0.25) is 0 Å². The Bertz CT molecular complexity index is 534. The second-order valence-corrected chi connectivity index (χ2v) is 5.33. The highest BCUT2D eigenvalue weighted by molar-refractivity contribution is 9.11. The van der Waals surface area contributed by atoms with Crippen molar-refractivity contribution >= 4 is 55.1 Å². The first kappa shape index (κ1) is 12.6. The van der Waals surface area contributed by atoms with E-state index in [2.05, 4.69) is 47.4 Å². The van der Waals surface area contributed by atoms with Crippen molar-refractivity contribution in [1.82, 2.24) is 10.2 Å². The Labute approximate surface area is 119 Å². The molecule has 0 unspecified atom stereocenters. The van der Waals surface area contributed by atoms with Crippen molar-refractivity contribution in [3.63, 3.8) is 0 Å². The van der Waals surface area contributed by atoms with Crippen LogP contribution in [0.4, 0.5) is 5.69 Å². The summed E-state index contributed by atoms with van der Waals surface area (Å²) in [6, 6.07) is 3.41. The Morgan fingerprint density at radius 1 is 1.35 bits per heavy atom.